The molecule has 1 aliphatic heterocycles. The largest absolute Gasteiger partial charge is 0.465 e. The first-order valence-electron chi connectivity index (χ1n) is 12.3. The third-order valence-electron chi connectivity index (χ3n) is 6.53. The summed E-state index contributed by atoms with van der Waals surface area (Å²) < 4.78 is 6.99. The van der Waals surface area contributed by atoms with Crippen molar-refractivity contribution in [2.75, 3.05) is 25.5 Å². The van der Waals surface area contributed by atoms with Gasteiger partial charge in [0, 0.05) is 42.6 Å². The van der Waals surface area contributed by atoms with Gasteiger partial charge in [-0.25, -0.2) is 4.79 Å². The van der Waals surface area contributed by atoms with E-state index in [2.05, 4.69) is 43.3 Å². The number of nitrogens with zero attached hydrogens (tertiary/aromatic N) is 3. The number of nitrogens with one attached hydrogen (secondary N) is 2. The maximum atomic E-state index is 11.9. The molecule has 2 atom stereocenters. The van der Waals surface area contributed by atoms with Crippen molar-refractivity contribution in [2.45, 2.75) is 18.5 Å². The van der Waals surface area contributed by atoms with Crippen LogP contribution in [0, 0.1) is 0 Å². The number of pyridine rings is 1. The zero-order chi connectivity index (χ0) is 25.6. The Balaban J connectivity index is 1.42. The van der Waals surface area contributed by atoms with Gasteiger partial charge in [-0.3, -0.25) is 4.98 Å². The van der Waals surface area contributed by atoms with E-state index in [0.29, 0.717) is 10.7 Å². The number of thiocarbonyl (C=S) groups is 1. The van der Waals surface area contributed by atoms with E-state index in [0.717, 1.165) is 42.3 Å². The quantitative estimate of drug-likeness (QED) is 0.183. The number of hydrogen-bond donors (Lipinski definition) is 2. The lowest BCUT2D eigenvalue weighted by Gasteiger charge is -2.29. The Morgan fingerprint density at radius 3 is 2.54 bits per heavy atom. The summed E-state index contributed by atoms with van der Waals surface area (Å²) in [7, 11) is 1.39. The van der Waals surface area contributed by atoms with Crippen LogP contribution in [0.2, 0.25) is 0 Å². The van der Waals surface area contributed by atoms with E-state index in [1.165, 1.54) is 7.11 Å². The van der Waals surface area contributed by atoms with Gasteiger partial charge in [0.1, 0.15) is 0 Å². The van der Waals surface area contributed by atoms with Crippen molar-refractivity contribution in [3.8, 4) is 5.69 Å². The van der Waals surface area contributed by atoms with Crippen LogP contribution in [-0.2, 0) is 4.74 Å². The van der Waals surface area contributed by atoms with E-state index in [4.69, 9.17) is 17.0 Å². The number of carbonyl (C=O) groups excluding carboxylic acids is 1. The molecule has 0 radical (unpaired) electrons. The van der Waals surface area contributed by atoms with Gasteiger partial charge in [-0.15, -0.1) is 0 Å². The van der Waals surface area contributed by atoms with E-state index < -0.39 is 0 Å². The number of esters is 1. The van der Waals surface area contributed by atoms with Crippen molar-refractivity contribution < 1.29 is 9.53 Å². The zero-order valence-corrected chi connectivity index (χ0v) is 21.4. The highest BCUT2D eigenvalue weighted by Gasteiger charge is 2.40. The van der Waals surface area contributed by atoms with Crippen molar-refractivity contribution in [1.29, 1.82) is 0 Å². The Morgan fingerprint density at radius 2 is 1.81 bits per heavy atom. The lowest BCUT2D eigenvalue weighted by Crippen LogP contribution is -2.32. The molecule has 3 heterocycles. The van der Waals surface area contributed by atoms with Gasteiger partial charge >= 0.3 is 5.97 Å². The maximum absolute atomic E-state index is 11.9. The Labute approximate surface area is 222 Å². The summed E-state index contributed by atoms with van der Waals surface area (Å²) in [6, 6.07) is 27.6. The zero-order valence-electron chi connectivity index (χ0n) is 20.6. The van der Waals surface area contributed by atoms with Crippen LogP contribution in [0.15, 0.2) is 97.3 Å². The summed E-state index contributed by atoms with van der Waals surface area (Å²) in [5.41, 5.74) is 4.61. The summed E-state index contributed by atoms with van der Waals surface area (Å²) in [6.45, 7) is 1.62. The predicted molar refractivity (Wildman–Crippen MR) is 149 cm³/mol. The van der Waals surface area contributed by atoms with E-state index in [1.807, 2.05) is 67.0 Å². The van der Waals surface area contributed by atoms with Gasteiger partial charge in [-0.1, -0.05) is 24.3 Å². The fourth-order valence-electron chi connectivity index (χ4n) is 4.75. The summed E-state index contributed by atoms with van der Waals surface area (Å²) in [5.74, 6) is -0.352. The van der Waals surface area contributed by atoms with E-state index in [9.17, 15) is 4.79 Å². The number of anilines is 1. The third-order valence-corrected chi connectivity index (χ3v) is 6.88. The first kappa shape index (κ1) is 24.5. The Hall–Kier alpha value is -4.17. The summed E-state index contributed by atoms with van der Waals surface area (Å²) in [6.07, 6.45) is 4.76. The Bertz CT molecular complexity index is 1340. The van der Waals surface area contributed by atoms with Gasteiger partial charge in [0.25, 0.3) is 0 Å². The van der Waals surface area contributed by atoms with Crippen molar-refractivity contribution in [1.82, 2.24) is 19.8 Å². The first-order valence-corrected chi connectivity index (χ1v) is 12.7. The number of rotatable bonds is 9. The molecule has 8 heteroatoms. The monoisotopic (exact) mass is 511 g/mol. The first-order chi connectivity index (χ1) is 18.2. The summed E-state index contributed by atoms with van der Waals surface area (Å²) in [4.78, 5) is 18.8. The van der Waals surface area contributed by atoms with E-state index in [1.54, 1.807) is 12.1 Å². The van der Waals surface area contributed by atoms with Gasteiger partial charge < -0.3 is 24.8 Å². The van der Waals surface area contributed by atoms with Gasteiger partial charge in [0.15, 0.2) is 5.11 Å². The normalized spacial score (nSPS) is 16.9. The maximum Gasteiger partial charge on any atom is 0.337 e. The van der Waals surface area contributed by atoms with Gasteiger partial charge in [0.05, 0.1) is 30.5 Å². The highest BCUT2D eigenvalue weighted by molar-refractivity contribution is 7.80. The summed E-state index contributed by atoms with van der Waals surface area (Å²) >= 11 is 5.84. The highest BCUT2D eigenvalue weighted by atomic mass is 32.1. The molecule has 2 N–H and O–H groups in total. The Morgan fingerprint density at radius 1 is 1.03 bits per heavy atom. The minimum atomic E-state index is -0.352. The van der Waals surface area contributed by atoms with Crippen LogP contribution in [0.4, 0.5) is 5.69 Å². The average Bonchev–Trinajstić information content (AvgIpc) is 3.56. The van der Waals surface area contributed by atoms with Gasteiger partial charge in [0.2, 0.25) is 0 Å². The lowest BCUT2D eigenvalue weighted by molar-refractivity contribution is 0.0600. The van der Waals surface area contributed by atoms with Crippen LogP contribution in [0.1, 0.15) is 40.3 Å². The van der Waals surface area contributed by atoms with Crippen LogP contribution in [-0.4, -0.2) is 45.7 Å². The van der Waals surface area contributed by atoms with Gasteiger partial charge in [-0.05, 0) is 79.3 Å². The SMILES string of the molecule is COC(=O)c1ccc(-n2cccc2[C@@H]2[C@H](c3ccccn3)NC(=S)N2CCCNc2ccccc2)cc1. The molecule has 1 saturated heterocycles. The molecule has 1 fully saturated rings. The van der Waals surface area contributed by atoms with Crippen molar-refractivity contribution >= 4 is 29.0 Å². The third kappa shape index (κ3) is 5.34. The van der Waals surface area contributed by atoms with Crippen LogP contribution in [0.25, 0.3) is 5.69 Å². The second kappa shape index (κ2) is 11.3. The second-order valence-electron chi connectivity index (χ2n) is 8.81. The number of methoxy groups -OCH3 is 1. The molecular weight excluding hydrogens is 482 g/mol. The van der Waals surface area contributed by atoms with Crippen LogP contribution < -0.4 is 10.6 Å². The molecule has 7 nitrogen and oxygen atoms in total. The topological polar surface area (TPSA) is 71.4 Å². The molecule has 2 aromatic carbocycles. The van der Waals surface area contributed by atoms with E-state index in [-0.39, 0.29) is 18.1 Å². The average molecular weight is 512 g/mol. The number of hydrogen-bond acceptors (Lipinski definition) is 5. The Kier molecular flexibility index (Phi) is 7.46. The van der Waals surface area contributed by atoms with E-state index >= 15 is 0 Å². The number of carbonyl (C=O) groups is 1. The molecule has 0 saturated carbocycles. The second-order valence-corrected chi connectivity index (χ2v) is 9.19. The molecule has 0 spiro atoms. The molecule has 0 unspecified atom stereocenters. The van der Waals surface area contributed by atoms with Crippen LogP contribution in [0.3, 0.4) is 0 Å². The van der Waals surface area contributed by atoms with Crippen molar-refractivity contribution in [3.05, 3.63) is 114 Å². The number of aromatic nitrogens is 2. The molecule has 5 rings (SSSR count). The number of benzene rings is 2. The fourth-order valence-corrected chi connectivity index (χ4v) is 5.08. The number of ether oxygens (including phenoxy) is 1. The highest BCUT2D eigenvalue weighted by Crippen LogP contribution is 2.39. The molecule has 0 amide bonds. The molecule has 0 aliphatic carbocycles. The van der Waals surface area contributed by atoms with Gasteiger partial charge in [-0.2, -0.15) is 0 Å². The summed E-state index contributed by atoms with van der Waals surface area (Å²) in [5, 5.41) is 7.73. The fraction of sp³-hybridized carbons (Fsp3) is 0.207. The van der Waals surface area contributed by atoms with Crippen LogP contribution >= 0.6 is 12.2 Å². The molecule has 0 bridgehead atoms. The molecule has 2 aromatic heterocycles. The smallest absolute Gasteiger partial charge is 0.337 e. The van der Waals surface area contributed by atoms with Crippen molar-refractivity contribution in [2.24, 2.45) is 0 Å². The standard InChI is InChI=1S/C29H29N5O2S/c1-36-28(35)21-13-15-23(16-14-21)33-19-7-12-25(33)27-26(24-11-5-6-17-31-24)32-29(37)34(27)20-8-18-30-22-9-3-2-4-10-22/h2-7,9-17,19,26-27,30H,8,18,20H2,1H3,(H,32,37)/t26-,27+/m0/s1. The number of para-hydroxylation sites is 1. The molecule has 188 valence electrons. The minimum Gasteiger partial charge on any atom is -0.465 e. The molecule has 1 aliphatic rings. The predicted octanol–water partition coefficient (Wildman–Crippen LogP) is 5.13. The lowest BCUT2D eigenvalue weighted by atomic mass is 10.0. The molecule has 37 heavy (non-hydrogen) atoms. The molecular formula is C29H29N5O2S. The minimum absolute atomic E-state index is 0.0607. The van der Waals surface area contributed by atoms with Crippen molar-refractivity contribution in [3.63, 3.8) is 0 Å². The van der Waals surface area contributed by atoms with Crippen LogP contribution in [0.5, 0.6) is 0 Å². The molecule has 4 aromatic rings.